The van der Waals surface area contributed by atoms with E-state index in [1.54, 1.807) is 0 Å². The molecule has 0 rings (SSSR count). The van der Waals surface area contributed by atoms with Gasteiger partial charge in [-0.2, -0.15) is 0 Å². The summed E-state index contributed by atoms with van der Waals surface area (Å²) in [6.45, 7) is 7.32. The second-order valence-corrected chi connectivity index (χ2v) is 17.0. The second kappa shape index (κ2) is 56.8. The van der Waals surface area contributed by atoms with E-state index in [1.807, 2.05) is 6.08 Å². The van der Waals surface area contributed by atoms with Crippen LogP contribution < -0.4 is 0 Å². The molecule has 0 amide bonds. The number of carbonyl (C=O) groups is 2. The summed E-state index contributed by atoms with van der Waals surface area (Å²) in [5.41, 5.74) is 0. The van der Waals surface area contributed by atoms with Crippen molar-refractivity contribution >= 4 is 11.9 Å². The summed E-state index contributed by atoms with van der Waals surface area (Å²) in [7, 11) is 0. The quantitative estimate of drug-likeness (QED) is 0.0346. The number of unbranched alkanes of at least 4 members (excludes halogenated alkanes) is 10. The van der Waals surface area contributed by atoms with Crippen LogP contribution in [0, 0.1) is 0 Å². The fourth-order valence-corrected chi connectivity index (χ4v) is 6.66. The molecule has 0 aromatic carbocycles. The van der Waals surface area contributed by atoms with Gasteiger partial charge in [-0.05, 0) is 128 Å². The number of hydrogen-bond donors (Lipinski definition) is 0. The van der Waals surface area contributed by atoms with Crippen molar-refractivity contribution in [3.63, 3.8) is 0 Å². The maximum atomic E-state index is 12.8. The van der Waals surface area contributed by atoms with Crippen molar-refractivity contribution in [2.45, 2.75) is 207 Å². The fourth-order valence-electron chi connectivity index (χ4n) is 6.66. The Bertz CT molecular complexity index is 1520. The predicted molar refractivity (Wildman–Crippen MR) is 297 cm³/mol. The van der Waals surface area contributed by atoms with Crippen molar-refractivity contribution in [2.24, 2.45) is 0 Å². The van der Waals surface area contributed by atoms with Crippen LogP contribution in [-0.2, 0) is 23.8 Å². The standard InChI is InChI=1S/C63H98O5/c1-4-7-10-13-16-19-22-25-28-30-32-33-36-38-41-44-47-50-53-56-62(64)67-60-61(68-63(65)57-54-51-48-45-42-39-35-27-24-21-18-15-12-9-6-3)59-66-58-55-52-49-46-43-40-37-34-31-29-26-23-20-17-14-11-8-5-2/h7-12,16-21,25-29,32-33,35,38,41-42,45,47,50,61H,4-6,13-15,22-24,30-31,34,36-37,39-40,43-44,46,48-49,51-60H2,1-3H3/b10-7-,11-8-,12-9-,19-16-,20-17-,21-18-,28-25-,29-26-,33-32-,35-27-,41-38-,45-42-,50-47-. The second-order valence-electron chi connectivity index (χ2n) is 17.0. The first-order valence-corrected chi connectivity index (χ1v) is 27.0. The van der Waals surface area contributed by atoms with Crippen LogP contribution in [0.3, 0.4) is 0 Å². The van der Waals surface area contributed by atoms with Crippen molar-refractivity contribution in [2.75, 3.05) is 19.8 Å². The van der Waals surface area contributed by atoms with Crippen LogP contribution in [0.25, 0.3) is 0 Å². The zero-order valence-electron chi connectivity index (χ0n) is 43.6. The highest BCUT2D eigenvalue weighted by Crippen LogP contribution is 2.12. The summed E-state index contributed by atoms with van der Waals surface area (Å²) < 4.78 is 17.3. The first-order chi connectivity index (χ1) is 33.6. The molecule has 0 aromatic heterocycles. The maximum absolute atomic E-state index is 12.8. The molecule has 68 heavy (non-hydrogen) atoms. The Labute approximate surface area is 418 Å². The van der Waals surface area contributed by atoms with E-state index in [2.05, 4.69) is 173 Å². The van der Waals surface area contributed by atoms with Crippen LogP contribution in [0.2, 0.25) is 0 Å². The van der Waals surface area contributed by atoms with E-state index in [9.17, 15) is 9.59 Å². The van der Waals surface area contributed by atoms with Crippen LogP contribution >= 0.6 is 0 Å². The maximum Gasteiger partial charge on any atom is 0.306 e. The van der Waals surface area contributed by atoms with Gasteiger partial charge in [0.1, 0.15) is 6.61 Å². The van der Waals surface area contributed by atoms with Gasteiger partial charge >= 0.3 is 11.9 Å². The molecule has 0 fully saturated rings. The van der Waals surface area contributed by atoms with E-state index >= 15 is 0 Å². The van der Waals surface area contributed by atoms with Gasteiger partial charge in [0.05, 0.1) is 6.61 Å². The monoisotopic (exact) mass is 935 g/mol. The summed E-state index contributed by atoms with van der Waals surface area (Å²) in [5.74, 6) is -0.559. The van der Waals surface area contributed by atoms with E-state index in [-0.39, 0.29) is 31.6 Å². The zero-order valence-corrected chi connectivity index (χ0v) is 43.6. The predicted octanol–water partition coefficient (Wildman–Crippen LogP) is 18.7. The van der Waals surface area contributed by atoms with Crippen LogP contribution in [0.1, 0.15) is 201 Å². The number of carbonyl (C=O) groups excluding carboxylic acids is 2. The van der Waals surface area contributed by atoms with E-state index in [4.69, 9.17) is 14.2 Å². The molecule has 0 saturated carbocycles. The van der Waals surface area contributed by atoms with Gasteiger partial charge in [0.2, 0.25) is 0 Å². The summed E-state index contributed by atoms with van der Waals surface area (Å²) in [4.78, 5) is 25.4. The topological polar surface area (TPSA) is 61.8 Å². The lowest BCUT2D eigenvalue weighted by Gasteiger charge is -2.18. The SMILES string of the molecule is CC/C=C\C/C=C\C/C=C\C/C=C\C/C=C\C/C=C\CCC(=O)OCC(COCCCCCCCCCC/C=C\C/C=C\C/C=C\CC)OC(=O)CCCC/C=C\C/C=C\C/C=C\C/C=C\CC. The van der Waals surface area contributed by atoms with Gasteiger partial charge in [-0.1, -0.05) is 217 Å². The van der Waals surface area contributed by atoms with Crippen LogP contribution in [0.4, 0.5) is 0 Å². The van der Waals surface area contributed by atoms with Crippen molar-refractivity contribution in [1.82, 2.24) is 0 Å². The first kappa shape index (κ1) is 63.5. The average molecular weight is 935 g/mol. The molecule has 0 bridgehead atoms. The molecule has 1 unspecified atom stereocenters. The Morgan fingerprint density at radius 2 is 0.647 bits per heavy atom. The fraction of sp³-hybridized carbons (Fsp3) is 0.556. The molecule has 5 heteroatoms. The van der Waals surface area contributed by atoms with Crippen LogP contribution in [-0.4, -0.2) is 37.9 Å². The van der Waals surface area contributed by atoms with Gasteiger partial charge in [-0.25, -0.2) is 0 Å². The molecular formula is C63H98O5. The van der Waals surface area contributed by atoms with Gasteiger partial charge in [0.15, 0.2) is 6.10 Å². The molecule has 1 atom stereocenters. The molecule has 0 aliphatic rings. The molecule has 5 nitrogen and oxygen atoms in total. The number of esters is 2. The van der Waals surface area contributed by atoms with Gasteiger partial charge in [-0.15, -0.1) is 0 Å². The van der Waals surface area contributed by atoms with Gasteiger partial charge in [-0.3, -0.25) is 9.59 Å². The van der Waals surface area contributed by atoms with E-state index in [0.29, 0.717) is 19.4 Å². The Morgan fingerprint density at radius 1 is 0.324 bits per heavy atom. The summed E-state index contributed by atoms with van der Waals surface area (Å²) in [5, 5.41) is 0. The third-order valence-electron chi connectivity index (χ3n) is 10.6. The normalized spacial score (nSPS) is 13.5. The highest BCUT2D eigenvalue weighted by molar-refractivity contribution is 5.70. The van der Waals surface area contributed by atoms with Gasteiger partial charge in [0, 0.05) is 19.4 Å². The molecule has 0 aliphatic carbocycles. The van der Waals surface area contributed by atoms with Crippen molar-refractivity contribution in [3.8, 4) is 0 Å². The lowest BCUT2D eigenvalue weighted by molar-refractivity contribution is -0.162. The number of allylic oxidation sites excluding steroid dienone is 26. The highest BCUT2D eigenvalue weighted by atomic mass is 16.6. The summed E-state index contributed by atoms with van der Waals surface area (Å²) >= 11 is 0. The van der Waals surface area contributed by atoms with E-state index in [1.165, 1.54) is 44.9 Å². The zero-order chi connectivity index (χ0) is 49.2. The van der Waals surface area contributed by atoms with Crippen molar-refractivity contribution < 1.29 is 23.8 Å². The molecule has 0 heterocycles. The summed E-state index contributed by atoms with van der Waals surface area (Å²) in [6, 6.07) is 0. The lowest BCUT2D eigenvalue weighted by Crippen LogP contribution is -2.30. The molecule has 0 aliphatic heterocycles. The minimum atomic E-state index is -0.606. The molecule has 380 valence electrons. The molecule has 0 saturated heterocycles. The lowest BCUT2D eigenvalue weighted by atomic mass is 10.1. The summed E-state index contributed by atoms with van der Waals surface area (Å²) in [6.07, 6.45) is 84.2. The Hall–Kier alpha value is -4.48. The number of hydrogen-bond acceptors (Lipinski definition) is 5. The van der Waals surface area contributed by atoms with E-state index in [0.717, 1.165) is 116 Å². The minimum Gasteiger partial charge on any atom is -0.462 e. The van der Waals surface area contributed by atoms with Crippen molar-refractivity contribution in [1.29, 1.82) is 0 Å². The molecule has 0 N–H and O–H groups in total. The van der Waals surface area contributed by atoms with Crippen molar-refractivity contribution in [3.05, 3.63) is 158 Å². The number of rotatable bonds is 47. The first-order valence-electron chi connectivity index (χ1n) is 27.0. The van der Waals surface area contributed by atoms with Crippen LogP contribution in [0.15, 0.2) is 158 Å². The smallest absolute Gasteiger partial charge is 0.306 e. The van der Waals surface area contributed by atoms with Gasteiger partial charge in [0.25, 0.3) is 0 Å². The van der Waals surface area contributed by atoms with Crippen LogP contribution in [0.5, 0.6) is 0 Å². The van der Waals surface area contributed by atoms with E-state index < -0.39 is 6.10 Å². The third-order valence-corrected chi connectivity index (χ3v) is 10.6. The van der Waals surface area contributed by atoms with Gasteiger partial charge < -0.3 is 14.2 Å². The Morgan fingerprint density at radius 3 is 1.04 bits per heavy atom. The minimum absolute atomic E-state index is 0.0139. The Kier molecular flexibility index (Phi) is 53.1. The number of ether oxygens (including phenoxy) is 3. The third kappa shape index (κ3) is 54.1. The average Bonchev–Trinajstić information content (AvgIpc) is 3.34. The highest BCUT2D eigenvalue weighted by Gasteiger charge is 2.17. The largest absolute Gasteiger partial charge is 0.462 e. The molecular weight excluding hydrogens is 837 g/mol. The molecule has 0 radical (unpaired) electrons. The molecule has 0 aromatic rings. The molecule has 0 spiro atoms. The Balaban J connectivity index is 4.50.